The second-order valence-electron chi connectivity index (χ2n) is 7.31. The van der Waals surface area contributed by atoms with Crippen LogP contribution in [0.15, 0.2) is 71.4 Å². The van der Waals surface area contributed by atoms with E-state index in [9.17, 15) is 0 Å². The second-order valence-corrected chi connectivity index (χ2v) is 7.31. The standard InChI is InChI=1S/C25H20N2O/c1-15-9-10-19-23(11-15)28-25-21(14-26-17(3)24(19)25)22-12-20(16(2)13-27-22)18-7-5-4-6-8-18/h4-14H,1-3H3. The molecule has 5 rings (SSSR count). The molecule has 28 heavy (non-hydrogen) atoms. The molecule has 0 bridgehead atoms. The number of hydrogen-bond donors (Lipinski definition) is 0. The first-order valence-electron chi connectivity index (χ1n) is 9.43. The molecule has 0 aliphatic carbocycles. The highest BCUT2D eigenvalue weighted by atomic mass is 16.3. The first kappa shape index (κ1) is 16.7. The maximum absolute atomic E-state index is 6.30. The van der Waals surface area contributed by atoms with Crippen molar-refractivity contribution in [3.8, 4) is 22.4 Å². The summed E-state index contributed by atoms with van der Waals surface area (Å²) in [6, 6.07) is 18.8. The average molecular weight is 364 g/mol. The van der Waals surface area contributed by atoms with Gasteiger partial charge in [0.15, 0.2) is 0 Å². The highest BCUT2D eigenvalue weighted by Crippen LogP contribution is 2.37. The van der Waals surface area contributed by atoms with Gasteiger partial charge >= 0.3 is 0 Å². The molecule has 0 radical (unpaired) electrons. The Morgan fingerprint density at radius 1 is 0.786 bits per heavy atom. The zero-order valence-corrected chi connectivity index (χ0v) is 16.2. The fraction of sp³-hybridized carbons (Fsp3) is 0.120. The molecule has 3 aromatic heterocycles. The molecule has 3 heterocycles. The highest BCUT2D eigenvalue weighted by Gasteiger charge is 2.17. The molecule has 136 valence electrons. The molecule has 0 aliphatic heterocycles. The lowest BCUT2D eigenvalue weighted by Gasteiger charge is -2.09. The molecule has 0 atom stereocenters. The summed E-state index contributed by atoms with van der Waals surface area (Å²) in [6.45, 7) is 6.19. The number of benzene rings is 2. The van der Waals surface area contributed by atoms with Crippen molar-refractivity contribution in [2.24, 2.45) is 0 Å². The fourth-order valence-corrected chi connectivity index (χ4v) is 3.82. The number of rotatable bonds is 2. The Bertz CT molecular complexity index is 1330. The molecule has 2 aromatic carbocycles. The number of pyridine rings is 2. The maximum atomic E-state index is 6.30. The molecular weight excluding hydrogens is 344 g/mol. The Kier molecular flexibility index (Phi) is 3.76. The van der Waals surface area contributed by atoms with E-state index in [4.69, 9.17) is 9.40 Å². The molecular formula is C25H20N2O. The van der Waals surface area contributed by atoms with Gasteiger partial charge in [-0.15, -0.1) is 0 Å². The fourth-order valence-electron chi connectivity index (χ4n) is 3.82. The number of nitrogens with zero attached hydrogens (tertiary/aromatic N) is 2. The summed E-state index contributed by atoms with van der Waals surface area (Å²) in [4.78, 5) is 9.36. The van der Waals surface area contributed by atoms with Gasteiger partial charge in [-0.25, -0.2) is 0 Å². The third-order valence-electron chi connectivity index (χ3n) is 5.30. The number of hydrogen-bond acceptors (Lipinski definition) is 3. The van der Waals surface area contributed by atoms with Crippen molar-refractivity contribution in [3.05, 3.63) is 83.8 Å². The van der Waals surface area contributed by atoms with Gasteiger partial charge in [-0.1, -0.05) is 42.5 Å². The van der Waals surface area contributed by atoms with Crippen LogP contribution in [0.3, 0.4) is 0 Å². The number of aromatic nitrogens is 2. The molecule has 3 heteroatoms. The Morgan fingerprint density at radius 2 is 1.61 bits per heavy atom. The lowest BCUT2D eigenvalue weighted by Crippen LogP contribution is -1.92. The summed E-state index contributed by atoms with van der Waals surface area (Å²) in [7, 11) is 0. The average Bonchev–Trinajstić information content (AvgIpc) is 3.09. The van der Waals surface area contributed by atoms with E-state index in [0.29, 0.717) is 0 Å². The maximum Gasteiger partial charge on any atom is 0.148 e. The summed E-state index contributed by atoms with van der Waals surface area (Å²) < 4.78 is 6.30. The van der Waals surface area contributed by atoms with Crippen LogP contribution in [0, 0.1) is 20.8 Å². The van der Waals surface area contributed by atoms with Gasteiger partial charge in [-0.2, -0.15) is 0 Å². The third kappa shape index (κ3) is 2.59. The van der Waals surface area contributed by atoms with Crippen LogP contribution < -0.4 is 0 Å². The number of furan rings is 1. The van der Waals surface area contributed by atoms with Crippen molar-refractivity contribution < 1.29 is 4.42 Å². The molecule has 0 saturated heterocycles. The van der Waals surface area contributed by atoms with Gasteiger partial charge in [-0.05, 0) is 55.2 Å². The monoisotopic (exact) mass is 364 g/mol. The van der Waals surface area contributed by atoms with E-state index in [0.717, 1.165) is 44.5 Å². The normalized spacial score (nSPS) is 11.4. The molecule has 5 aromatic rings. The van der Waals surface area contributed by atoms with Crippen LogP contribution in [-0.2, 0) is 0 Å². The predicted octanol–water partition coefficient (Wildman–Crippen LogP) is 6.64. The topological polar surface area (TPSA) is 38.9 Å². The van der Waals surface area contributed by atoms with E-state index in [1.54, 1.807) is 0 Å². The summed E-state index contributed by atoms with van der Waals surface area (Å²) in [6.07, 6.45) is 3.80. The number of fused-ring (bicyclic) bond motifs is 3. The van der Waals surface area contributed by atoms with Crippen LogP contribution in [0.25, 0.3) is 44.3 Å². The Balaban J connectivity index is 1.78. The molecule has 0 amide bonds. The largest absolute Gasteiger partial charge is 0.455 e. The van der Waals surface area contributed by atoms with E-state index in [2.05, 4.69) is 67.4 Å². The summed E-state index contributed by atoms with van der Waals surface area (Å²) >= 11 is 0. The molecule has 3 nitrogen and oxygen atoms in total. The summed E-state index contributed by atoms with van der Waals surface area (Å²) in [5.74, 6) is 0. The predicted molar refractivity (Wildman–Crippen MR) is 114 cm³/mol. The van der Waals surface area contributed by atoms with Gasteiger partial charge in [-0.3, -0.25) is 9.97 Å². The van der Waals surface area contributed by atoms with Gasteiger partial charge in [0.2, 0.25) is 0 Å². The van der Waals surface area contributed by atoms with E-state index in [-0.39, 0.29) is 0 Å². The first-order chi connectivity index (χ1) is 13.6. The quantitative estimate of drug-likeness (QED) is 0.353. The van der Waals surface area contributed by atoms with Crippen molar-refractivity contribution in [1.82, 2.24) is 9.97 Å². The first-order valence-corrected chi connectivity index (χ1v) is 9.43. The second kappa shape index (κ2) is 6.31. The molecule has 0 N–H and O–H groups in total. The minimum Gasteiger partial charge on any atom is -0.455 e. The zero-order valence-electron chi connectivity index (χ0n) is 16.2. The Hall–Kier alpha value is -3.46. The van der Waals surface area contributed by atoms with Crippen molar-refractivity contribution in [1.29, 1.82) is 0 Å². The van der Waals surface area contributed by atoms with Crippen molar-refractivity contribution in [2.75, 3.05) is 0 Å². The van der Waals surface area contributed by atoms with Crippen LogP contribution in [0.1, 0.15) is 16.8 Å². The highest BCUT2D eigenvalue weighted by molar-refractivity contribution is 6.10. The van der Waals surface area contributed by atoms with Crippen molar-refractivity contribution in [3.63, 3.8) is 0 Å². The molecule has 0 spiro atoms. The van der Waals surface area contributed by atoms with E-state index >= 15 is 0 Å². The van der Waals surface area contributed by atoms with Gasteiger partial charge < -0.3 is 4.42 Å². The van der Waals surface area contributed by atoms with E-state index in [1.165, 1.54) is 16.7 Å². The summed E-state index contributed by atoms with van der Waals surface area (Å²) in [5, 5.41) is 2.17. The molecule has 0 aliphatic rings. The zero-order chi connectivity index (χ0) is 19.3. The lowest BCUT2D eigenvalue weighted by molar-refractivity contribution is 0.668. The van der Waals surface area contributed by atoms with Crippen molar-refractivity contribution >= 4 is 21.9 Å². The van der Waals surface area contributed by atoms with Crippen molar-refractivity contribution in [2.45, 2.75) is 20.8 Å². The smallest absolute Gasteiger partial charge is 0.148 e. The van der Waals surface area contributed by atoms with Gasteiger partial charge in [0.05, 0.1) is 16.6 Å². The number of aryl methyl sites for hydroxylation is 3. The lowest BCUT2D eigenvalue weighted by atomic mass is 9.99. The molecule has 0 fully saturated rings. The van der Waals surface area contributed by atoms with Crippen LogP contribution >= 0.6 is 0 Å². The van der Waals surface area contributed by atoms with Crippen LogP contribution in [-0.4, -0.2) is 9.97 Å². The minimum atomic E-state index is 0.850. The van der Waals surface area contributed by atoms with Gasteiger partial charge in [0.25, 0.3) is 0 Å². The Morgan fingerprint density at radius 3 is 2.43 bits per heavy atom. The van der Waals surface area contributed by atoms with Gasteiger partial charge in [0, 0.05) is 23.5 Å². The SMILES string of the molecule is Cc1ccc2c(c1)oc1c(-c3cc(-c4ccccc4)c(C)cn3)cnc(C)c12. The van der Waals surface area contributed by atoms with Crippen LogP contribution in [0.2, 0.25) is 0 Å². The van der Waals surface area contributed by atoms with Crippen LogP contribution in [0.4, 0.5) is 0 Å². The van der Waals surface area contributed by atoms with Crippen LogP contribution in [0.5, 0.6) is 0 Å². The van der Waals surface area contributed by atoms with E-state index in [1.807, 2.05) is 25.4 Å². The third-order valence-corrected chi connectivity index (χ3v) is 5.30. The minimum absolute atomic E-state index is 0.850. The summed E-state index contributed by atoms with van der Waals surface area (Å²) in [5.41, 5.74) is 9.18. The van der Waals surface area contributed by atoms with Gasteiger partial charge in [0.1, 0.15) is 11.2 Å². The molecule has 0 saturated carbocycles. The molecule has 0 unspecified atom stereocenters. The van der Waals surface area contributed by atoms with E-state index < -0.39 is 0 Å². The Labute approximate surface area is 163 Å².